The lowest BCUT2D eigenvalue weighted by atomic mass is 10.2. The fourth-order valence-corrected chi connectivity index (χ4v) is 2.26. The number of aromatic nitrogens is 2. The average Bonchev–Trinajstić information content (AvgIpc) is 2.74. The molecule has 2 heterocycles. The van der Waals surface area contributed by atoms with Gasteiger partial charge in [0.05, 0.1) is 5.39 Å². The lowest BCUT2D eigenvalue weighted by Crippen LogP contribution is -2.18. The van der Waals surface area contributed by atoms with Crippen molar-refractivity contribution in [3.8, 4) is 0 Å². The van der Waals surface area contributed by atoms with Crippen molar-refractivity contribution in [2.24, 2.45) is 4.99 Å². The summed E-state index contributed by atoms with van der Waals surface area (Å²) in [5.74, 6) is 0.773. The molecule has 0 amide bonds. The van der Waals surface area contributed by atoms with Crippen LogP contribution >= 0.6 is 12.2 Å². The number of benzene rings is 1. The summed E-state index contributed by atoms with van der Waals surface area (Å²) in [6.45, 7) is 3.73. The Bertz CT molecular complexity index is 894. The highest BCUT2D eigenvalue weighted by Crippen LogP contribution is 2.30. The predicted molar refractivity (Wildman–Crippen MR) is 81.3 cm³/mol. The van der Waals surface area contributed by atoms with E-state index in [0.29, 0.717) is 22.5 Å². The number of fused-ring (bicyclic) bond motifs is 1. The summed E-state index contributed by atoms with van der Waals surface area (Å²) in [6, 6.07) is 8.86. The van der Waals surface area contributed by atoms with Crippen molar-refractivity contribution in [1.82, 2.24) is 9.97 Å². The Balaban J connectivity index is 2.23. The topological polar surface area (TPSA) is 77.2 Å². The standard InChI is InChI=1S/C15H13N3O2S/c1-8-9(2)20-14-11(8)12(17-15(21)18-14)16-13(19)10-6-4-3-5-7-10/h3-7H,1-2H3,(H2,16,17,18,19,21)/p-1. The molecule has 106 valence electrons. The van der Waals surface area contributed by atoms with Gasteiger partial charge >= 0.3 is 0 Å². The van der Waals surface area contributed by atoms with Crippen LogP contribution in [0.3, 0.4) is 0 Å². The zero-order chi connectivity index (χ0) is 15.0. The van der Waals surface area contributed by atoms with Crippen molar-refractivity contribution in [3.63, 3.8) is 0 Å². The number of hydrogen-bond acceptors (Lipinski definition) is 5. The van der Waals surface area contributed by atoms with E-state index >= 15 is 0 Å². The SMILES string of the molecule is Cc1oc2nc(=S)[nH]c(/N=C(/[O-])c3ccccc3)c2c1C. The van der Waals surface area contributed by atoms with Crippen molar-refractivity contribution < 1.29 is 9.52 Å². The van der Waals surface area contributed by atoms with E-state index in [-0.39, 0.29) is 10.7 Å². The molecule has 0 saturated heterocycles. The molecule has 0 unspecified atom stereocenters. The van der Waals surface area contributed by atoms with Crippen molar-refractivity contribution in [2.45, 2.75) is 13.8 Å². The van der Waals surface area contributed by atoms with Gasteiger partial charge in [0, 0.05) is 5.56 Å². The Kier molecular flexibility index (Phi) is 3.31. The number of nitrogens with zero attached hydrogens (tertiary/aromatic N) is 2. The smallest absolute Gasteiger partial charge is 0.232 e. The first-order chi connectivity index (χ1) is 10.1. The maximum atomic E-state index is 12.2. The van der Waals surface area contributed by atoms with Crippen LogP contribution < -0.4 is 5.11 Å². The van der Waals surface area contributed by atoms with E-state index < -0.39 is 0 Å². The Morgan fingerprint density at radius 3 is 2.71 bits per heavy atom. The lowest BCUT2D eigenvalue weighted by molar-refractivity contribution is -0.212. The van der Waals surface area contributed by atoms with E-state index in [1.807, 2.05) is 19.9 Å². The molecular weight excluding hydrogens is 286 g/mol. The summed E-state index contributed by atoms with van der Waals surface area (Å²) in [7, 11) is 0. The third-order valence-corrected chi connectivity index (χ3v) is 3.46. The molecule has 0 atom stereocenters. The second-order valence-electron chi connectivity index (χ2n) is 4.64. The van der Waals surface area contributed by atoms with E-state index in [4.69, 9.17) is 16.6 Å². The fourth-order valence-electron chi connectivity index (χ4n) is 2.08. The molecule has 0 aliphatic heterocycles. The van der Waals surface area contributed by atoms with Crippen LogP contribution in [0.5, 0.6) is 0 Å². The molecule has 1 aromatic carbocycles. The first-order valence-corrected chi connectivity index (χ1v) is 6.78. The van der Waals surface area contributed by atoms with Gasteiger partial charge in [0.1, 0.15) is 11.6 Å². The molecule has 0 bridgehead atoms. The van der Waals surface area contributed by atoms with Gasteiger partial charge in [-0.15, -0.1) is 0 Å². The quantitative estimate of drug-likeness (QED) is 0.448. The van der Waals surface area contributed by atoms with Crippen LogP contribution in [0.15, 0.2) is 39.7 Å². The first kappa shape index (κ1) is 13.5. The Hall–Kier alpha value is -2.47. The van der Waals surface area contributed by atoms with Crippen LogP contribution in [0.4, 0.5) is 5.82 Å². The van der Waals surface area contributed by atoms with Crippen molar-refractivity contribution in [3.05, 3.63) is 52.0 Å². The Morgan fingerprint density at radius 1 is 1.29 bits per heavy atom. The Morgan fingerprint density at radius 2 is 2.00 bits per heavy atom. The third-order valence-electron chi connectivity index (χ3n) is 3.27. The number of furan rings is 1. The van der Waals surface area contributed by atoms with E-state index in [1.165, 1.54) is 0 Å². The zero-order valence-corrected chi connectivity index (χ0v) is 12.3. The van der Waals surface area contributed by atoms with Gasteiger partial charge in [-0.2, -0.15) is 4.98 Å². The minimum Gasteiger partial charge on any atom is -0.858 e. The number of hydrogen-bond donors (Lipinski definition) is 1. The van der Waals surface area contributed by atoms with E-state index in [9.17, 15) is 5.11 Å². The van der Waals surface area contributed by atoms with E-state index in [1.54, 1.807) is 24.3 Å². The van der Waals surface area contributed by atoms with Crippen molar-refractivity contribution >= 4 is 35.0 Å². The lowest BCUT2D eigenvalue weighted by Gasteiger charge is -2.10. The highest BCUT2D eigenvalue weighted by atomic mass is 32.1. The molecule has 0 radical (unpaired) electrons. The predicted octanol–water partition coefficient (Wildman–Crippen LogP) is 2.94. The number of aryl methyl sites for hydroxylation is 2. The summed E-state index contributed by atoms with van der Waals surface area (Å²) >= 11 is 5.05. The molecule has 0 aliphatic carbocycles. The molecule has 0 spiro atoms. The van der Waals surface area contributed by atoms with Crippen LogP contribution in [-0.2, 0) is 0 Å². The van der Waals surface area contributed by atoms with Gasteiger partial charge in [0.25, 0.3) is 0 Å². The highest BCUT2D eigenvalue weighted by molar-refractivity contribution is 7.71. The van der Waals surface area contributed by atoms with Crippen molar-refractivity contribution in [2.75, 3.05) is 0 Å². The van der Waals surface area contributed by atoms with Gasteiger partial charge in [-0.25, -0.2) is 4.99 Å². The van der Waals surface area contributed by atoms with E-state index in [0.717, 1.165) is 11.3 Å². The number of H-pyrrole nitrogens is 1. The summed E-state index contributed by atoms with van der Waals surface area (Å²) < 4.78 is 5.77. The van der Waals surface area contributed by atoms with Gasteiger partial charge in [-0.05, 0) is 37.5 Å². The van der Waals surface area contributed by atoms with Crippen LogP contribution in [0.1, 0.15) is 16.9 Å². The molecule has 6 heteroatoms. The summed E-state index contributed by atoms with van der Waals surface area (Å²) in [5, 5.41) is 12.9. The second kappa shape index (κ2) is 5.14. The minimum atomic E-state index is -0.341. The normalized spacial score (nSPS) is 12.0. The number of aromatic amines is 1. The fraction of sp³-hybridized carbons (Fsp3) is 0.133. The minimum absolute atomic E-state index is 0.232. The molecule has 3 rings (SSSR count). The zero-order valence-electron chi connectivity index (χ0n) is 11.5. The first-order valence-electron chi connectivity index (χ1n) is 6.37. The molecule has 0 aliphatic rings. The monoisotopic (exact) mass is 298 g/mol. The second-order valence-corrected chi connectivity index (χ2v) is 5.02. The third kappa shape index (κ3) is 2.45. The molecule has 5 nitrogen and oxygen atoms in total. The largest absolute Gasteiger partial charge is 0.858 e. The molecule has 2 aromatic heterocycles. The maximum absolute atomic E-state index is 12.2. The van der Waals surface area contributed by atoms with Crippen molar-refractivity contribution in [1.29, 1.82) is 0 Å². The summed E-state index contributed by atoms with van der Waals surface area (Å²) in [4.78, 5) is 11.1. The summed E-state index contributed by atoms with van der Waals surface area (Å²) in [6.07, 6.45) is 0. The van der Waals surface area contributed by atoms with Gasteiger partial charge in [-0.3, -0.25) is 0 Å². The van der Waals surface area contributed by atoms with E-state index in [2.05, 4.69) is 15.0 Å². The van der Waals surface area contributed by atoms with Crippen LogP contribution in [-0.4, -0.2) is 15.9 Å². The number of nitrogens with one attached hydrogen (secondary N) is 1. The molecule has 0 saturated carbocycles. The average molecular weight is 298 g/mol. The number of rotatable bonds is 2. The molecule has 21 heavy (non-hydrogen) atoms. The number of aliphatic imine (C=N–C) groups is 1. The molecular formula is C15H12N3O2S-. The van der Waals surface area contributed by atoms with Gasteiger partial charge in [0.2, 0.25) is 10.5 Å². The maximum Gasteiger partial charge on any atom is 0.232 e. The summed E-state index contributed by atoms with van der Waals surface area (Å²) in [5.41, 5.74) is 1.80. The highest BCUT2D eigenvalue weighted by Gasteiger charge is 2.13. The van der Waals surface area contributed by atoms with Crippen LogP contribution in [0.25, 0.3) is 11.1 Å². The Labute approximate surface area is 126 Å². The van der Waals surface area contributed by atoms with Gasteiger partial charge < -0.3 is 14.5 Å². The molecule has 0 fully saturated rings. The van der Waals surface area contributed by atoms with Gasteiger partial charge in [-0.1, -0.05) is 30.3 Å². The molecule has 3 aromatic rings. The molecule has 1 N–H and O–H groups in total. The van der Waals surface area contributed by atoms with Crippen LogP contribution in [0, 0.1) is 18.6 Å². The van der Waals surface area contributed by atoms with Crippen LogP contribution in [0.2, 0.25) is 0 Å². The van der Waals surface area contributed by atoms with Gasteiger partial charge in [0.15, 0.2) is 0 Å².